The highest BCUT2D eigenvalue weighted by Crippen LogP contribution is 2.49. The molecule has 0 aliphatic carbocycles. The lowest BCUT2D eigenvalue weighted by atomic mass is 9.80. The Hall–Kier alpha value is -2.99. The van der Waals surface area contributed by atoms with Gasteiger partial charge in [-0.3, -0.25) is 19.7 Å². The summed E-state index contributed by atoms with van der Waals surface area (Å²) in [6.45, 7) is 5.57. The minimum atomic E-state index is -1.29. The zero-order valence-electron chi connectivity index (χ0n) is 16.7. The molecule has 2 aliphatic heterocycles. The van der Waals surface area contributed by atoms with Gasteiger partial charge in [0.15, 0.2) is 0 Å². The fraction of sp³-hybridized carbons (Fsp3) is 0.348. The molecule has 2 fully saturated rings. The van der Waals surface area contributed by atoms with Gasteiger partial charge in [0.25, 0.3) is 0 Å². The predicted octanol–water partition coefficient (Wildman–Crippen LogP) is 2.77. The summed E-state index contributed by atoms with van der Waals surface area (Å²) in [6.07, 6.45) is 0. The molecule has 29 heavy (non-hydrogen) atoms. The lowest BCUT2D eigenvalue weighted by Gasteiger charge is -2.29. The van der Waals surface area contributed by atoms with E-state index in [1.807, 2.05) is 37.3 Å². The summed E-state index contributed by atoms with van der Waals surface area (Å²) in [5.74, 6) is -2.69. The van der Waals surface area contributed by atoms with Gasteiger partial charge in [0, 0.05) is 6.04 Å². The summed E-state index contributed by atoms with van der Waals surface area (Å²) in [6, 6.07) is 16.2. The van der Waals surface area contributed by atoms with Crippen molar-refractivity contribution in [1.29, 1.82) is 0 Å². The van der Waals surface area contributed by atoms with Crippen molar-refractivity contribution in [2.45, 2.75) is 32.4 Å². The maximum atomic E-state index is 13.4. The number of para-hydroxylation sites is 1. The number of hydrogen-bond donors (Lipinski definition) is 1. The summed E-state index contributed by atoms with van der Waals surface area (Å²) in [4.78, 5) is 40.9. The number of benzene rings is 2. The lowest BCUT2D eigenvalue weighted by molar-refractivity contribution is -0.153. The maximum absolute atomic E-state index is 13.4. The summed E-state index contributed by atoms with van der Waals surface area (Å²) in [7, 11) is 0. The van der Waals surface area contributed by atoms with Crippen LogP contribution in [0.4, 0.5) is 5.69 Å². The third-order valence-electron chi connectivity index (χ3n) is 5.94. The third-order valence-corrected chi connectivity index (χ3v) is 5.94. The molecule has 2 aromatic rings. The van der Waals surface area contributed by atoms with Gasteiger partial charge in [0.1, 0.15) is 5.54 Å². The standard InChI is InChI=1S/C23H24N2O4/c1-4-29-22(28)23(3)18-17(19(24-23)15-12-10-14(2)11-13-15)20(26)25(21(18)27)16-8-6-5-7-9-16/h5-13,17-19,24H,4H2,1-3H3/t17-,18-,19-,23-/m1/s1. The molecule has 6 nitrogen and oxygen atoms in total. The van der Waals surface area contributed by atoms with Crippen LogP contribution < -0.4 is 10.2 Å². The summed E-state index contributed by atoms with van der Waals surface area (Å²) in [5.41, 5.74) is 1.20. The van der Waals surface area contributed by atoms with Crippen LogP contribution in [0.3, 0.4) is 0 Å². The molecule has 2 amide bonds. The van der Waals surface area contributed by atoms with Crippen LogP contribution in [-0.2, 0) is 19.1 Å². The Labute approximate surface area is 169 Å². The first-order valence-electron chi connectivity index (χ1n) is 9.83. The van der Waals surface area contributed by atoms with Gasteiger partial charge in [-0.25, -0.2) is 4.90 Å². The van der Waals surface area contributed by atoms with Crippen LogP contribution in [0.25, 0.3) is 0 Å². The molecule has 150 valence electrons. The lowest BCUT2D eigenvalue weighted by Crippen LogP contribution is -2.54. The van der Waals surface area contributed by atoms with E-state index in [-0.39, 0.29) is 18.4 Å². The number of aryl methyl sites for hydroxylation is 1. The number of carbonyl (C=O) groups is 3. The van der Waals surface area contributed by atoms with Gasteiger partial charge >= 0.3 is 5.97 Å². The van der Waals surface area contributed by atoms with Gasteiger partial charge in [0.2, 0.25) is 11.8 Å². The fourth-order valence-electron chi connectivity index (χ4n) is 4.50. The average molecular weight is 392 g/mol. The topological polar surface area (TPSA) is 75.7 Å². The normalized spacial score (nSPS) is 28.5. The molecule has 2 aromatic carbocycles. The van der Waals surface area contributed by atoms with E-state index in [1.54, 1.807) is 38.1 Å². The number of fused-ring (bicyclic) bond motifs is 1. The Morgan fingerprint density at radius 2 is 1.72 bits per heavy atom. The minimum absolute atomic E-state index is 0.202. The highest BCUT2D eigenvalue weighted by atomic mass is 16.5. The molecular weight excluding hydrogens is 368 g/mol. The number of nitrogens with zero attached hydrogens (tertiary/aromatic N) is 1. The van der Waals surface area contributed by atoms with Crippen LogP contribution in [-0.4, -0.2) is 29.9 Å². The Bertz CT molecular complexity index is 957. The summed E-state index contributed by atoms with van der Waals surface area (Å²) < 4.78 is 5.28. The van der Waals surface area contributed by atoms with E-state index in [2.05, 4.69) is 5.32 Å². The first-order chi connectivity index (χ1) is 13.9. The van der Waals surface area contributed by atoms with Gasteiger partial charge in [-0.1, -0.05) is 48.0 Å². The molecule has 0 radical (unpaired) electrons. The molecule has 0 bridgehead atoms. The molecule has 0 saturated carbocycles. The van der Waals surface area contributed by atoms with Gasteiger partial charge in [-0.15, -0.1) is 0 Å². The monoisotopic (exact) mass is 392 g/mol. The molecule has 0 spiro atoms. The quantitative estimate of drug-likeness (QED) is 0.640. The molecule has 0 unspecified atom stereocenters. The Balaban J connectivity index is 1.81. The van der Waals surface area contributed by atoms with Crippen LogP contribution >= 0.6 is 0 Å². The molecule has 0 aromatic heterocycles. The number of hydrogen-bond acceptors (Lipinski definition) is 5. The smallest absolute Gasteiger partial charge is 0.326 e. The molecule has 1 N–H and O–H groups in total. The highest BCUT2D eigenvalue weighted by molar-refractivity contribution is 6.24. The van der Waals surface area contributed by atoms with E-state index >= 15 is 0 Å². The number of carbonyl (C=O) groups excluding carboxylic acids is 3. The van der Waals surface area contributed by atoms with E-state index < -0.39 is 29.4 Å². The second kappa shape index (κ2) is 7.12. The Kier molecular flexibility index (Phi) is 4.74. The van der Waals surface area contributed by atoms with E-state index in [9.17, 15) is 14.4 Å². The van der Waals surface area contributed by atoms with Crippen molar-refractivity contribution in [3.05, 3.63) is 65.7 Å². The van der Waals surface area contributed by atoms with E-state index in [4.69, 9.17) is 4.74 Å². The fourth-order valence-corrected chi connectivity index (χ4v) is 4.50. The molecule has 2 aliphatic rings. The number of amides is 2. The van der Waals surface area contributed by atoms with E-state index in [1.165, 1.54) is 4.90 Å². The maximum Gasteiger partial charge on any atom is 0.326 e. The van der Waals surface area contributed by atoms with E-state index in [0.29, 0.717) is 5.69 Å². The second-order valence-electron chi connectivity index (χ2n) is 7.81. The second-order valence-corrected chi connectivity index (χ2v) is 7.81. The molecule has 4 rings (SSSR count). The molecule has 4 atom stereocenters. The number of imide groups is 1. The first kappa shape index (κ1) is 19.3. The Morgan fingerprint density at radius 1 is 1.07 bits per heavy atom. The summed E-state index contributed by atoms with van der Waals surface area (Å²) in [5, 5.41) is 3.28. The van der Waals surface area contributed by atoms with Crippen molar-refractivity contribution in [1.82, 2.24) is 5.32 Å². The van der Waals surface area contributed by atoms with Crippen molar-refractivity contribution >= 4 is 23.5 Å². The van der Waals surface area contributed by atoms with Crippen LogP contribution in [0.1, 0.15) is 31.0 Å². The zero-order valence-corrected chi connectivity index (χ0v) is 16.7. The van der Waals surface area contributed by atoms with Crippen molar-refractivity contribution in [2.75, 3.05) is 11.5 Å². The highest BCUT2D eigenvalue weighted by Gasteiger charge is 2.67. The number of ether oxygens (including phenoxy) is 1. The van der Waals surface area contributed by atoms with Gasteiger partial charge in [-0.05, 0) is 38.5 Å². The molecule has 6 heteroatoms. The largest absolute Gasteiger partial charge is 0.465 e. The van der Waals surface area contributed by atoms with Crippen LogP contribution in [0, 0.1) is 18.8 Å². The van der Waals surface area contributed by atoms with E-state index in [0.717, 1.165) is 11.1 Å². The Morgan fingerprint density at radius 3 is 2.34 bits per heavy atom. The van der Waals surface area contributed by atoms with Crippen LogP contribution in [0.5, 0.6) is 0 Å². The molecule has 2 saturated heterocycles. The third kappa shape index (κ3) is 2.95. The number of rotatable bonds is 4. The molecular formula is C23H24N2O4. The van der Waals surface area contributed by atoms with Crippen molar-refractivity contribution in [3.63, 3.8) is 0 Å². The number of nitrogens with one attached hydrogen (secondary N) is 1. The van der Waals surface area contributed by atoms with Gasteiger partial charge < -0.3 is 4.74 Å². The van der Waals surface area contributed by atoms with Crippen molar-refractivity contribution < 1.29 is 19.1 Å². The SMILES string of the molecule is CCOC(=O)[C@]1(C)N[C@H](c2ccc(C)cc2)[C@@H]2C(=O)N(c3ccccc3)C(=O)[C@@H]21. The van der Waals surface area contributed by atoms with Crippen molar-refractivity contribution in [3.8, 4) is 0 Å². The van der Waals surface area contributed by atoms with Crippen molar-refractivity contribution in [2.24, 2.45) is 11.8 Å². The number of esters is 1. The number of anilines is 1. The zero-order chi connectivity index (χ0) is 20.8. The van der Waals surface area contributed by atoms with Crippen LogP contribution in [0.15, 0.2) is 54.6 Å². The van der Waals surface area contributed by atoms with Crippen LogP contribution in [0.2, 0.25) is 0 Å². The minimum Gasteiger partial charge on any atom is -0.465 e. The predicted molar refractivity (Wildman–Crippen MR) is 108 cm³/mol. The first-order valence-corrected chi connectivity index (χ1v) is 9.83. The van der Waals surface area contributed by atoms with Gasteiger partial charge in [-0.2, -0.15) is 0 Å². The van der Waals surface area contributed by atoms with Gasteiger partial charge in [0.05, 0.1) is 24.1 Å². The average Bonchev–Trinajstić information content (AvgIpc) is 3.17. The molecule has 2 heterocycles. The summed E-state index contributed by atoms with van der Waals surface area (Å²) >= 11 is 0.